The van der Waals surface area contributed by atoms with Crippen LogP contribution in [0.25, 0.3) is 0 Å². The normalized spacial score (nSPS) is 22.1. The van der Waals surface area contributed by atoms with E-state index in [0.717, 1.165) is 0 Å². The molecule has 0 bridgehead atoms. The Morgan fingerprint density at radius 2 is 2.14 bits per heavy atom. The maximum absolute atomic E-state index is 13.5. The van der Waals surface area contributed by atoms with E-state index in [0.29, 0.717) is 24.2 Å². The molecule has 0 amide bonds. The van der Waals surface area contributed by atoms with Crippen molar-refractivity contribution in [3.63, 3.8) is 0 Å². The molecule has 0 aromatic heterocycles. The Morgan fingerprint density at radius 1 is 1.43 bits per heavy atom. The van der Waals surface area contributed by atoms with E-state index in [9.17, 15) is 17.6 Å². The molecule has 0 N–H and O–H groups in total. The average Bonchev–Trinajstić information content (AvgIpc) is 2.39. The van der Waals surface area contributed by atoms with E-state index >= 15 is 0 Å². The summed E-state index contributed by atoms with van der Waals surface area (Å²) in [5.41, 5.74) is 0.886. The Labute approximate surface area is 124 Å². The van der Waals surface area contributed by atoms with Crippen LogP contribution < -0.4 is 0 Å². The highest BCUT2D eigenvalue weighted by molar-refractivity contribution is 7.91. The summed E-state index contributed by atoms with van der Waals surface area (Å²) in [6.45, 7) is 4.47. The fourth-order valence-electron chi connectivity index (χ4n) is 2.52. The molecule has 2 rings (SSSR count). The van der Waals surface area contributed by atoms with Gasteiger partial charge < -0.3 is 0 Å². The first-order chi connectivity index (χ1) is 9.78. The Morgan fingerprint density at radius 3 is 2.76 bits per heavy atom. The second kappa shape index (κ2) is 6.23. The van der Waals surface area contributed by atoms with E-state index in [1.54, 1.807) is 19.1 Å². The van der Waals surface area contributed by atoms with Crippen LogP contribution in [0.1, 0.15) is 29.3 Å². The molecule has 1 aliphatic rings. The molecule has 0 saturated carbocycles. The minimum atomic E-state index is -2.94. The van der Waals surface area contributed by atoms with Crippen molar-refractivity contribution < 1.29 is 17.6 Å². The first kappa shape index (κ1) is 16.1. The SMILES string of the molecule is Cc1ccc(C(=O)CCN2CCS(=O)(=O)CC2C)cc1F. The molecule has 1 fully saturated rings. The molecule has 1 saturated heterocycles. The van der Waals surface area contributed by atoms with Gasteiger partial charge in [-0.05, 0) is 25.5 Å². The molecule has 1 unspecified atom stereocenters. The number of aryl methyl sites for hydroxylation is 1. The molecule has 1 aliphatic heterocycles. The molecule has 0 aliphatic carbocycles. The van der Waals surface area contributed by atoms with Crippen molar-refractivity contribution >= 4 is 15.6 Å². The summed E-state index contributed by atoms with van der Waals surface area (Å²) in [5.74, 6) is -0.210. The average molecular weight is 313 g/mol. The standard InChI is InChI=1S/C15H20FNO3S/c1-11-3-4-13(9-14(11)16)15(18)5-6-17-7-8-21(19,20)10-12(17)2/h3-4,9,12H,5-8,10H2,1-2H3. The number of benzene rings is 1. The smallest absolute Gasteiger partial charge is 0.164 e. The largest absolute Gasteiger partial charge is 0.298 e. The Hall–Kier alpha value is -1.27. The van der Waals surface area contributed by atoms with Gasteiger partial charge in [-0.3, -0.25) is 9.69 Å². The van der Waals surface area contributed by atoms with E-state index in [4.69, 9.17) is 0 Å². The quantitative estimate of drug-likeness (QED) is 0.796. The van der Waals surface area contributed by atoms with Gasteiger partial charge in [0, 0.05) is 31.1 Å². The summed E-state index contributed by atoms with van der Waals surface area (Å²) in [6, 6.07) is 4.41. The Balaban J connectivity index is 1.94. The van der Waals surface area contributed by atoms with Gasteiger partial charge in [0.25, 0.3) is 0 Å². The lowest BCUT2D eigenvalue weighted by atomic mass is 10.1. The van der Waals surface area contributed by atoms with Crippen LogP contribution in [0, 0.1) is 12.7 Å². The molecule has 1 atom stereocenters. The van der Waals surface area contributed by atoms with Gasteiger partial charge in [-0.1, -0.05) is 12.1 Å². The number of ketones is 1. The van der Waals surface area contributed by atoms with Crippen LogP contribution in [0.5, 0.6) is 0 Å². The van der Waals surface area contributed by atoms with Crippen LogP contribution in [0.2, 0.25) is 0 Å². The van der Waals surface area contributed by atoms with Crippen LogP contribution in [-0.4, -0.2) is 49.7 Å². The zero-order valence-electron chi connectivity index (χ0n) is 12.3. The Kier molecular flexibility index (Phi) is 4.78. The maximum atomic E-state index is 13.5. The lowest BCUT2D eigenvalue weighted by Gasteiger charge is -2.32. The molecule has 1 heterocycles. The number of halogens is 1. The van der Waals surface area contributed by atoms with Crippen LogP contribution >= 0.6 is 0 Å². The van der Waals surface area contributed by atoms with Crippen molar-refractivity contribution in [1.82, 2.24) is 4.90 Å². The number of rotatable bonds is 4. The number of Topliss-reactive ketones (excluding diaryl/α,β-unsaturated/α-hetero) is 1. The fraction of sp³-hybridized carbons (Fsp3) is 0.533. The minimum Gasteiger partial charge on any atom is -0.298 e. The minimum absolute atomic E-state index is 0.0775. The molecule has 0 radical (unpaired) electrons. The summed E-state index contributed by atoms with van der Waals surface area (Å²) < 4.78 is 36.5. The Bertz CT molecular complexity index is 642. The molecule has 4 nitrogen and oxygen atoms in total. The van der Waals surface area contributed by atoms with Gasteiger partial charge >= 0.3 is 0 Å². The fourth-order valence-corrected chi connectivity index (χ4v) is 4.15. The second-order valence-corrected chi connectivity index (χ2v) is 7.87. The van der Waals surface area contributed by atoms with Crippen molar-refractivity contribution in [2.24, 2.45) is 0 Å². The molecule has 21 heavy (non-hydrogen) atoms. The van der Waals surface area contributed by atoms with Crippen LogP contribution in [0.3, 0.4) is 0 Å². The lowest BCUT2D eigenvalue weighted by molar-refractivity contribution is 0.0956. The van der Waals surface area contributed by atoms with Crippen molar-refractivity contribution in [2.75, 3.05) is 24.6 Å². The lowest BCUT2D eigenvalue weighted by Crippen LogP contribution is -2.47. The highest BCUT2D eigenvalue weighted by Gasteiger charge is 2.28. The highest BCUT2D eigenvalue weighted by Crippen LogP contribution is 2.14. The van der Waals surface area contributed by atoms with Crippen molar-refractivity contribution in [2.45, 2.75) is 26.3 Å². The molecule has 6 heteroatoms. The van der Waals surface area contributed by atoms with Gasteiger partial charge in [-0.25, -0.2) is 12.8 Å². The number of carbonyl (C=O) groups excluding carboxylic acids is 1. The first-order valence-corrected chi connectivity index (χ1v) is 8.84. The summed E-state index contributed by atoms with van der Waals surface area (Å²) >= 11 is 0. The van der Waals surface area contributed by atoms with Gasteiger partial charge in [0.05, 0.1) is 11.5 Å². The van der Waals surface area contributed by atoms with Gasteiger partial charge in [0.15, 0.2) is 15.6 Å². The first-order valence-electron chi connectivity index (χ1n) is 7.02. The van der Waals surface area contributed by atoms with E-state index in [1.807, 2.05) is 11.8 Å². The van der Waals surface area contributed by atoms with Gasteiger partial charge in [0.2, 0.25) is 0 Å². The summed E-state index contributed by atoms with van der Waals surface area (Å²) in [6.07, 6.45) is 0.271. The molecular weight excluding hydrogens is 293 g/mol. The van der Waals surface area contributed by atoms with Gasteiger partial charge in [0.1, 0.15) is 5.82 Å². The molecule has 0 spiro atoms. The summed E-state index contributed by atoms with van der Waals surface area (Å²) in [5, 5.41) is 0. The topological polar surface area (TPSA) is 54.5 Å². The van der Waals surface area contributed by atoms with Crippen LogP contribution in [0.4, 0.5) is 4.39 Å². The number of hydrogen-bond donors (Lipinski definition) is 0. The zero-order valence-corrected chi connectivity index (χ0v) is 13.1. The van der Waals surface area contributed by atoms with Gasteiger partial charge in [-0.2, -0.15) is 0 Å². The molecule has 1 aromatic carbocycles. The second-order valence-electron chi connectivity index (χ2n) is 5.64. The third kappa shape index (κ3) is 4.11. The van der Waals surface area contributed by atoms with E-state index in [2.05, 4.69) is 0 Å². The molecule has 1 aromatic rings. The predicted octanol–water partition coefficient (Wildman–Crippen LogP) is 1.83. The summed E-state index contributed by atoms with van der Waals surface area (Å²) in [4.78, 5) is 14.1. The van der Waals surface area contributed by atoms with Crippen LogP contribution in [-0.2, 0) is 9.84 Å². The maximum Gasteiger partial charge on any atom is 0.164 e. The number of sulfone groups is 1. The highest BCUT2D eigenvalue weighted by atomic mass is 32.2. The van der Waals surface area contributed by atoms with Crippen molar-refractivity contribution in [3.05, 3.63) is 35.1 Å². The third-order valence-electron chi connectivity index (χ3n) is 3.93. The van der Waals surface area contributed by atoms with Gasteiger partial charge in [-0.15, -0.1) is 0 Å². The zero-order chi connectivity index (χ0) is 15.6. The number of nitrogens with zero attached hydrogens (tertiary/aromatic N) is 1. The predicted molar refractivity (Wildman–Crippen MR) is 79.8 cm³/mol. The summed E-state index contributed by atoms with van der Waals surface area (Å²) in [7, 11) is -2.94. The molecule has 116 valence electrons. The van der Waals surface area contributed by atoms with E-state index in [1.165, 1.54) is 6.07 Å². The van der Waals surface area contributed by atoms with Crippen LogP contribution in [0.15, 0.2) is 18.2 Å². The van der Waals surface area contributed by atoms with E-state index in [-0.39, 0.29) is 35.6 Å². The monoisotopic (exact) mass is 313 g/mol. The number of hydrogen-bond acceptors (Lipinski definition) is 4. The molecular formula is C15H20FNO3S. The van der Waals surface area contributed by atoms with Crippen molar-refractivity contribution in [3.8, 4) is 0 Å². The number of carbonyl (C=O) groups is 1. The van der Waals surface area contributed by atoms with Crippen molar-refractivity contribution in [1.29, 1.82) is 0 Å². The third-order valence-corrected chi connectivity index (χ3v) is 5.72. The van der Waals surface area contributed by atoms with E-state index < -0.39 is 9.84 Å².